The maximum atomic E-state index is 5.95. The van der Waals surface area contributed by atoms with Crippen LogP contribution in [-0.2, 0) is 0 Å². The Labute approximate surface area is 100 Å². The summed E-state index contributed by atoms with van der Waals surface area (Å²) in [6.07, 6.45) is 1.25. The highest BCUT2D eigenvalue weighted by Crippen LogP contribution is 2.31. The molecule has 1 aliphatic heterocycles. The average molecular weight is 245 g/mol. The van der Waals surface area contributed by atoms with Crippen molar-refractivity contribution in [1.29, 1.82) is 0 Å². The van der Waals surface area contributed by atoms with E-state index >= 15 is 0 Å². The first kappa shape index (κ1) is 11.4. The highest BCUT2D eigenvalue weighted by Gasteiger charge is 2.26. The maximum Gasteiger partial charge on any atom is 0.0931 e. The van der Waals surface area contributed by atoms with Gasteiger partial charge in [0.2, 0.25) is 0 Å². The van der Waals surface area contributed by atoms with Gasteiger partial charge in [0.05, 0.1) is 4.34 Å². The Kier molecular flexibility index (Phi) is 3.67. The van der Waals surface area contributed by atoms with Crippen LogP contribution in [0.2, 0.25) is 4.34 Å². The summed E-state index contributed by atoms with van der Waals surface area (Å²) in [5.74, 6) is 0. The number of halogens is 1. The Balaban J connectivity index is 2.00. The predicted molar refractivity (Wildman–Crippen MR) is 66.8 cm³/mol. The molecule has 1 fully saturated rings. The highest BCUT2D eigenvalue weighted by molar-refractivity contribution is 7.16. The van der Waals surface area contributed by atoms with Crippen molar-refractivity contribution in [1.82, 2.24) is 10.2 Å². The van der Waals surface area contributed by atoms with Crippen molar-refractivity contribution in [2.24, 2.45) is 0 Å². The summed E-state index contributed by atoms with van der Waals surface area (Å²) in [7, 11) is 2.04. The van der Waals surface area contributed by atoms with Crippen LogP contribution in [0.15, 0.2) is 12.1 Å². The summed E-state index contributed by atoms with van der Waals surface area (Å²) in [6.45, 7) is 4.59. The monoisotopic (exact) mass is 244 g/mol. The smallest absolute Gasteiger partial charge is 0.0931 e. The van der Waals surface area contributed by atoms with Crippen LogP contribution in [0.1, 0.15) is 24.3 Å². The van der Waals surface area contributed by atoms with E-state index < -0.39 is 0 Å². The highest BCUT2D eigenvalue weighted by atomic mass is 35.5. The van der Waals surface area contributed by atoms with E-state index in [1.807, 2.05) is 13.1 Å². The van der Waals surface area contributed by atoms with Crippen LogP contribution in [-0.4, -0.2) is 31.1 Å². The normalized spacial score (nSPS) is 24.6. The third-order valence-corrected chi connectivity index (χ3v) is 4.58. The molecule has 0 amide bonds. The molecular weight excluding hydrogens is 228 g/mol. The zero-order valence-corrected chi connectivity index (χ0v) is 10.7. The number of thiophene rings is 1. The second-order valence-electron chi connectivity index (χ2n) is 4.09. The van der Waals surface area contributed by atoms with Gasteiger partial charge in [0.25, 0.3) is 0 Å². The third-order valence-electron chi connectivity index (χ3n) is 3.18. The molecule has 0 aromatic carbocycles. The average Bonchev–Trinajstić information content (AvgIpc) is 2.84. The van der Waals surface area contributed by atoms with Gasteiger partial charge >= 0.3 is 0 Å². The molecule has 1 N–H and O–H groups in total. The number of hydrogen-bond donors (Lipinski definition) is 1. The molecule has 84 valence electrons. The first-order valence-electron chi connectivity index (χ1n) is 5.37. The molecule has 2 rings (SSSR count). The minimum Gasteiger partial charge on any atom is -0.316 e. The molecule has 0 bridgehead atoms. The third kappa shape index (κ3) is 2.53. The van der Waals surface area contributed by atoms with Gasteiger partial charge in [-0.3, -0.25) is 4.90 Å². The SMILES string of the molecule is CNC1CCN(C(C)c2ccc(Cl)s2)C1. The standard InChI is InChI=1S/C11H17ClN2S/c1-8(10-3-4-11(12)15-10)14-6-5-9(7-14)13-2/h3-4,8-9,13H,5-7H2,1-2H3. The molecule has 0 spiro atoms. The lowest BCUT2D eigenvalue weighted by molar-refractivity contribution is 0.260. The van der Waals surface area contributed by atoms with Crippen molar-refractivity contribution in [3.05, 3.63) is 21.3 Å². The minimum atomic E-state index is 0.501. The molecule has 0 aliphatic carbocycles. The lowest BCUT2D eigenvalue weighted by Gasteiger charge is -2.23. The summed E-state index contributed by atoms with van der Waals surface area (Å²) >= 11 is 7.65. The van der Waals surface area contributed by atoms with Crippen molar-refractivity contribution >= 4 is 22.9 Å². The van der Waals surface area contributed by atoms with E-state index in [0.717, 1.165) is 10.9 Å². The van der Waals surface area contributed by atoms with Gasteiger partial charge in [-0.1, -0.05) is 11.6 Å². The lowest BCUT2D eigenvalue weighted by Crippen LogP contribution is -2.30. The zero-order valence-electron chi connectivity index (χ0n) is 9.16. The van der Waals surface area contributed by atoms with Crippen LogP contribution in [0, 0.1) is 0 Å². The van der Waals surface area contributed by atoms with Crippen molar-refractivity contribution in [3.8, 4) is 0 Å². The van der Waals surface area contributed by atoms with Crippen molar-refractivity contribution in [2.45, 2.75) is 25.4 Å². The summed E-state index contributed by atoms with van der Waals surface area (Å²) in [5, 5.41) is 3.34. The quantitative estimate of drug-likeness (QED) is 0.880. The lowest BCUT2D eigenvalue weighted by atomic mass is 10.2. The van der Waals surface area contributed by atoms with Crippen LogP contribution < -0.4 is 5.32 Å². The van der Waals surface area contributed by atoms with E-state index in [1.165, 1.54) is 17.8 Å². The Hall–Kier alpha value is -0.0900. The number of nitrogens with one attached hydrogen (secondary N) is 1. The first-order valence-corrected chi connectivity index (χ1v) is 6.56. The molecule has 4 heteroatoms. The minimum absolute atomic E-state index is 0.501. The van der Waals surface area contributed by atoms with Gasteiger partial charge in [-0.25, -0.2) is 0 Å². The summed E-state index contributed by atoms with van der Waals surface area (Å²) in [4.78, 5) is 3.89. The van der Waals surface area contributed by atoms with Crippen LogP contribution in [0.3, 0.4) is 0 Å². The van der Waals surface area contributed by atoms with Crippen LogP contribution in [0.4, 0.5) is 0 Å². The zero-order chi connectivity index (χ0) is 10.8. The van der Waals surface area contributed by atoms with E-state index in [2.05, 4.69) is 23.2 Å². The molecule has 2 nitrogen and oxygen atoms in total. The van der Waals surface area contributed by atoms with Crippen molar-refractivity contribution in [2.75, 3.05) is 20.1 Å². The topological polar surface area (TPSA) is 15.3 Å². The Morgan fingerprint density at radius 2 is 2.40 bits per heavy atom. The van der Waals surface area contributed by atoms with E-state index in [0.29, 0.717) is 12.1 Å². The second kappa shape index (κ2) is 4.83. The number of likely N-dealkylation sites (N-methyl/N-ethyl adjacent to an activating group) is 1. The molecule has 0 radical (unpaired) electrons. The van der Waals surface area contributed by atoms with E-state index in [4.69, 9.17) is 11.6 Å². The summed E-state index contributed by atoms with van der Waals surface area (Å²) in [6, 6.07) is 5.29. The Morgan fingerprint density at radius 1 is 1.60 bits per heavy atom. The molecule has 1 saturated heterocycles. The van der Waals surface area contributed by atoms with Crippen LogP contribution >= 0.6 is 22.9 Å². The van der Waals surface area contributed by atoms with Gasteiger partial charge in [0.15, 0.2) is 0 Å². The summed E-state index contributed by atoms with van der Waals surface area (Å²) < 4.78 is 0.890. The maximum absolute atomic E-state index is 5.95. The van der Waals surface area contributed by atoms with Crippen LogP contribution in [0.5, 0.6) is 0 Å². The number of nitrogens with zero attached hydrogens (tertiary/aromatic N) is 1. The van der Waals surface area contributed by atoms with Gasteiger partial charge < -0.3 is 5.32 Å². The van der Waals surface area contributed by atoms with E-state index in [9.17, 15) is 0 Å². The Bertz CT molecular complexity index is 326. The van der Waals surface area contributed by atoms with Crippen molar-refractivity contribution in [3.63, 3.8) is 0 Å². The molecule has 1 aliphatic rings. The predicted octanol–water partition coefficient (Wildman–Crippen LogP) is 2.76. The van der Waals surface area contributed by atoms with Gasteiger partial charge in [-0.05, 0) is 32.5 Å². The second-order valence-corrected chi connectivity index (χ2v) is 5.83. The van der Waals surface area contributed by atoms with E-state index in [-0.39, 0.29) is 0 Å². The number of likely N-dealkylation sites (tertiary alicyclic amines) is 1. The van der Waals surface area contributed by atoms with Gasteiger partial charge in [0, 0.05) is 30.1 Å². The molecule has 1 aromatic heterocycles. The molecule has 2 atom stereocenters. The molecule has 0 saturated carbocycles. The van der Waals surface area contributed by atoms with E-state index in [1.54, 1.807) is 11.3 Å². The van der Waals surface area contributed by atoms with Gasteiger partial charge in [0.1, 0.15) is 0 Å². The number of hydrogen-bond acceptors (Lipinski definition) is 3. The Morgan fingerprint density at radius 3 is 2.93 bits per heavy atom. The largest absolute Gasteiger partial charge is 0.316 e. The van der Waals surface area contributed by atoms with Crippen molar-refractivity contribution < 1.29 is 0 Å². The summed E-state index contributed by atoms with van der Waals surface area (Å²) in [5.41, 5.74) is 0. The molecule has 2 unspecified atom stereocenters. The molecular formula is C11H17ClN2S. The van der Waals surface area contributed by atoms with Gasteiger partial charge in [-0.15, -0.1) is 11.3 Å². The molecule has 2 heterocycles. The molecule has 1 aromatic rings. The van der Waals surface area contributed by atoms with Gasteiger partial charge in [-0.2, -0.15) is 0 Å². The first-order chi connectivity index (χ1) is 7.20. The van der Waals surface area contributed by atoms with Crippen LogP contribution in [0.25, 0.3) is 0 Å². The number of rotatable bonds is 3. The fourth-order valence-electron chi connectivity index (χ4n) is 2.11. The molecule has 15 heavy (non-hydrogen) atoms. The fraction of sp³-hybridized carbons (Fsp3) is 0.636. The fourth-order valence-corrected chi connectivity index (χ4v) is 3.25.